The smallest absolute Gasteiger partial charge is 0.406 e. The quantitative estimate of drug-likeness (QED) is 0.362. The van der Waals surface area contributed by atoms with Gasteiger partial charge < -0.3 is 30.3 Å². The molecule has 8 nitrogen and oxygen atoms in total. The molecule has 1 saturated heterocycles. The molecule has 11 heteroatoms. The molecule has 0 aromatic heterocycles. The molecule has 3 amide bonds. The molecule has 1 saturated carbocycles. The lowest BCUT2D eigenvalue weighted by atomic mass is 9.88. The van der Waals surface area contributed by atoms with E-state index in [0.717, 1.165) is 18.4 Å². The molecular weight excluding hydrogens is 506 g/mol. The number of halogens is 3. The molecule has 0 radical (unpaired) electrons. The molecule has 1 aliphatic carbocycles. The summed E-state index contributed by atoms with van der Waals surface area (Å²) < 4.78 is 38.2. The third-order valence-electron chi connectivity index (χ3n) is 7.11. The average Bonchev–Trinajstić information content (AvgIpc) is 3.20. The van der Waals surface area contributed by atoms with Gasteiger partial charge in [0.1, 0.15) is 12.3 Å². The molecule has 5 unspecified atom stereocenters. The highest BCUT2D eigenvalue weighted by atomic mass is 35.5. The molecular formula is C26H39ClF2N4O4. The van der Waals surface area contributed by atoms with Gasteiger partial charge in [-0.3, -0.25) is 0 Å². The minimum atomic E-state index is -1.41. The summed E-state index contributed by atoms with van der Waals surface area (Å²) in [4.78, 5) is 26.4. The number of benzene rings is 1. The number of methoxy groups -OCH3 is 1. The monoisotopic (exact) mass is 544 g/mol. The number of likely N-dealkylation sites (N-methyl/N-ethyl adjacent to an activating group) is 1. The van der Waals surface area contributed by atoms with E-state index < -0.39 is 18.4 Å². The Bertz CT molecular complexity index is 873. The third kappa shape index (κ3) is 8.97. The lowest BCUT2D eigenvalue weighted by Crippen LogP contribution is -2.51. The van der Waals surface area contributed by atoms with Gasteiger partial charge in [-0.25, -0.2) is 18.4 Å². The van der Waals surface area contributed by atoms with Gasteiger partial charge in [0.25, 0.3) is 0 Å². The van der Waals surface area contributed by atoms with Gasteiger partial charge in [0.2, 0.25) is 0 Å². The van der Waals surface area contributed by atoms with Gasteiger partial charge >= 0.3 is 12.1 Å². The van der Waals surface area contributed by atoms with Crippen LogP contribution in [0.25, 0.3) is 0 Å². The van der Waals surface area contributed by atoms with E-state index in [0.29, 0.717) is 31.1 Å². The Morgan fingerprint density at radius 2 is 2.00 bits per heavy atom. The van der Waals surface area contributed by atoms with Crippen molar-refractivity contribution in [3.8, 4) is 0 Å². The lowest BCUT2D eigenvalue weighted by molar-refractivity contribution is -0.00864. The first-order valence-corrected chi connectivity index (χ1v) is 13.4. The maximum absolute atomic E-state index is 13.7. The summed E-state index contributed by atoms with van der Waals surface area (Å²) in [7, 11) is 3.10. The van der Waals surface area contributed by atoms with E-state index in [4.69, 9.17) is 16.3 Å². The van der Waals surface area contributed by atoms with Crippen molar-refractivity contribution >= 4 is 23.7 Å². The number of alkyl halides is 2. The molecule has 2 fully saturated rings. The Labute approximate surface area is 222 Å². The zero-order valence-corrected chi connectivity index (χ0v) is 22.3. The number of carbonyl (C=O) groups excluding carboxylic acids is 2. The number of nitrogens with zero attached hydrogens (tertiary/aromatic N) is 1. The van der Waals surface area contributed by atoms with Crippen LogP contribution in [0.15, 0.2) is 24.3 Å². The second-order valence-corrected chi connectivity index (χ2v) is 10.4. The second kappa shape index (κ2) is 14.7. The van der Waals surface area contributed by atoms with E-state index in [1.165, 1.54) is 7.11 Å². The van der Waals surface area contributed by atoms with Crippen molar-refractivity contribution in [2.24, 2.45) is 11.8 Å². The zero-order chi connectivity index (χ0) is 26.8. The Balaban J connectivity index is 1.62. The van der Waals surface area contributed by atoms with Crippen LogP contribution in [-0.2, 0) is 9.47 Å². The molecule has 1 heterocycles. The fourth-order valence-electron chi connectivity index (χ4n) is 5.37. The molecule has 3 rings (SSSR count). The Hall–Kier alpha value is -2.17. The van der Waals surface area contributed by atoms with Gasteiger partial charge in [-0.1, -0.05) is 23.7 Å². The molecule has 5 atom stereocenters. The predicted octanol–water partition coefficient (Wildman–Crippen LogP) is 4.24. The molecule has 0 spiro atoms. The van der Waals surface area contributed by atoms with Crippen molar-refractivity contribution < 1.29 is 27.8 Å². The Morgan fingerprint density at radius 3 is 2.68 bits per heavy atom. The molecule has 1 aromatic carbocycles. The molecule has 3 N–H and O–H groups in total. The second-order valence-electron chi connectivity index (χ2n) is 9.92. The topological polar surface area (TPSA) is 91.9 Å². The zero-order valence-electron chi connectivity index (χ0n) is 21.6. The number of likely N-dealkylation sites (tertiary alicyclic amines) is 1. The summed E-state index contributed by atoms with van der Waals surface area (Å²) in [6.45, 7) is 2.18. The van der Waals surface area contributed by atoms with E-state index in [9.17, 15) is 18.4 Å². The van der Waals surface area contributed by atoms with Crippen LogP contribution >= 0.6 is 11.6 Å². The van der Waals surface area contributed by atoms with Crippen LogP contribution in [-0.4, -0.2) is 82.4 Å². The van der Waals surface area contributed by atoms with Crippen molar-refractivity contribution in [1.29, 1.82) is 0 Å². The minimum absolute atomic E-state index is 0.0215. The summed E-state index contributed by atoms with van der Waals surface area (Å²) in [5.74, 6) is -0.0646. The number of hydrogen-bond acceptors (Lipinski definition) is 5. The molecule has 0 bridgehead atoms. The number of urea groups is 1. The van der Waals surface area contributed by atoms with Crippen molar-refractivity contribution in [3.05, 3.63) is 34.9 Å². The van der Waals surface area contributed by atoms with Crippen LogP contribution in [0.4, 0.5) is 18.4 Å². The van der Waals surface area contributed by atoms with Crippen molar-refractivity contribution in [2.45, 2.75) is 56.6 Å². The van der Waals surface area contributed by atoms with E-state index >= 15 is 0 Å². The van der Waals surface area contributed by atoms with Crippen LogP contribution in [0.2, 0.25) is 5.02 Å². The minimum Gasteiger partial charge on any atom is -0.453 e. The number of carbonyl (C=O) groups is 2. The van der Waals surface area contributed by atoms with Crippen LogP contribution < -0.4 is 16.0 Å². The normalized spacial score (nSPS) is 25.4. The summed E-state index contributed by atoms with van der Waals surface area (Å²) in [5.41, 5.74) is 0.911. The number of ether oxygens (including phenoxy) is 2. The SMILES string of the molecule is CNCC(CC1CC(F)C(F)C1)NC(=O)N1CCCC(C(OCCNC(=O)OC)c2cccc(Cl)c2)C1. The van der Waals surface area contributed by atoms with Crippen LogP contribution in [0.1, 0.15) is 43.8 Å². The summed E-state index contributed by atoms with van der Waals surface area (Å²) in [5, 5.41) is 9.36. The number of alkyl carbamates (subject to hydrolysis) is 1. The summed E-state index contributed by atoms with van der Waals surface area (Å²) >= 11 is 6.25. The summed E-state index contributed by atoms with van der Waals surface area (Å²) in [6, 6.07) is 7.07. The van der Waals surface area contributed by atoms with Crippen LogP contribution in [0.3, 0.4) is 0 Å². The maximum Gasteiger partial charge on any atom is 0.406 e. The number of hydrogen-bond donors (Lipinski definition) is 3. The van der Waals surface area contributed by atoms with Crippen molar-refractivity contribution in [1.82, 2.24) is 20.9 Å². The fourth-order valence-corrected chi connectivity index (χ4v) is 5.57. The molecule has 1 aliphatic heterocycles. The van der Waals surface area contributed by atoms with Gasteiger partial charge in [-0.05, 0) is 62.8 Å². The maximum atomic E-state index is 13.7. The first kappa shape index (κ1) is 29.4. The van der Waals surface area contributed by atoms with Gasteiger partial charge in [-0.2, -0.15) is 0 Å². The molecule has 208 valence electrons. The standard InChI is InChI=1S/C26H39ClF2N4O4/c1-30-15-21(11-17-12-22(28)23(29)13-17)32-25(34)33-9-4-6-19(16-33)24(18-5-3-7-20(27)14-18)37-10-8-31-26(35)36-2/h3,5,7,14,17,19,21-24,30H,4,6,8-13,15-16H2,1-2H3,(H,31,35)(H,32,34). The summed E-state index contributed by atoms with van der Waals surface area (Å²) in [6.07, 6.45) is -1.06. The number of nitrogens with one attached hydrogen (secondary N) is 3. The van der Waals surface area contributed by atoms with E-state index in [-0.39, 0.29) is 56.0 Å². The van der Waals surface area contributed by atoms with E-state index in [1.807, 2.05) is 18.2 Å². The average molecular weight is 545 g/mol. The molecule has 2 aliphatic rings. The van der Waals surface area contributed by atoms with Crippen molar-refractivity contribution in [2.75, 3.05) is 46.9 Å². The van der Waals surface area contributed by atoms with E-state index in [2.05, 4.69) is 20.7 Å². The first-order valence-electron chi connectivity index (χ1n) is 13.0. The van der Waals surface area contributed by atoms with Crippen LogP contribution in [0.5, 0.6) is 0 Å². The Kier molecular flexibility index (Phi) is 11.7. The largest absolute Gasteiger partial charge is 0.453 e. The lowest BCUT2D eigenvalue weighted by Gasteiger charge is -2.38. The highest BCUT2D eigenvalue weighted by molar-refractivity contribution is 6.30. The van der Waals surface area contributed by atoms with Gasteiger partial charge in [0, 0.05) is 43.2 Å². The Morgan fingerprint density at radius 1 is 1.24 bits per heavy atom. The van der Waals surface area contributed by atoms with Gasteiger partial charge in [0.05, 0.1) is 19.8 Å². The van der Waals surface area contributed by atoms with Gasteiger partial charge in [-0.15, -0.1) is 0 Å². The van der Waals surface area contributed by atoms with E-state index in [1.54, 1.807) is 18.0 Å². The number of rotatable bonds is 11. The number of piperidine rings is 1. The third-order valence-corrected chi connectivity index (χ3v) is 7.35. The fraction of sp³-hybridized carbons (Fsp3) is 0.692. The highest BCUT2D eigenvalue weighted by Crippen LogP contribution is 2.35. The molecule has 37 heavy (non-hydrogen) atoms. The van der Waals surface area contributed by atoms with Crippen molar-refractivity contribution in [3.63, 3.8) is 0 Å². The number of amides is 3. The van der Waals surface area contributed by atoms with Gasteiger partial charge in [0.15, 0.2) is 0 Å². The highest BCUT2D eigenvalue weighted by Gasteiger charge is 2.36. The first-order chi connectivity index (χ1) is 17.8. The molecule has 1 aromatic rings. The predicted molar refractivity (Wildman–Crippen MR) is 138 cm³/mol. The van der Waals surface area contributed by atoms with Crippen LogP contribution in [0, 0.1) is 11.8 Å².